The maximum Gasteiger partial charge on any atom is 0.326 e. The number of amides is 1. The number of hydrogen-bond acceptors (Lipinski definition) is 3. The average molecular weight is 342 g/mol. The Kier molecular flexibility index (Phi) is 5.00. The summed E-state index contributed by atoms with van der Waals surface area (Å²) in [5, 5.41) is 9.13. The van der Waals surface area contributed by atoms with Gasteiger partial charge in [-0.05, 0) is 43.5 Å². The lowest BCUT2D eigenvalue weighted by atomic mass is 10.0. The molecule has 0 unspecified atom stereocenters. The third kappa shape index (κ3) is 3.72. The van der Waals surface area contributed by atoms with Gasteiger partial charge in [0.15, 0.2) is 6.61 Å². The van der Waals surface area contributed by atoms with Crippen LogP contribution in [0.1, 0.15) is 19.3 Å². The summed E-state index contributed by atoms with van der Waals surface area (Å²) in [5.41, 5.74) is 0. The Morgan fingerprint density at radius 2 is 2.00 bits per heavy atom. The number of carboxylic acids is 1. The lowest BCUT2D eigenvalue weighted by molar-refractivity contribution is -0.152. The van der Waals surface area contributed by atoms with Crippen molar-refractivity contribution >= 4 is 27.8 Å². The number of carbonyl (C=O) groups excluding carboxylic acids is 1. The number of benzene rings is 1. The van der Waals surface area contributed by atoms with Gasteiger partial charge in [0.1, 0.15) is 11.8 Å². The number of rotatable bonds is 4. The fraction of sp³-hybridized carbons (Fsp3) is 0.429. The van der Waals surface area contributed by atoms with E-state index in [0.29, 0.717) is 18.7 Å². The van der Waals surface area contributed by atoms with Crippen molar-refractivity contribution in [1.82, 2.24) is 4.90 Å². The molecule has 5 nitrogen and oxygen atoms in total. The monoisotopic (exact) mass is 341 g/mol. The highest BCUT2D eigenvalue weighted by Gasteiger charge is 2.31. The predicted octanol–water partition coefficient (Wildman–Crippen LogP) is 2.29. The van der Waals surface area contributed by atoms with Gasteiger partial charge in [-0.1, -0.05) is 15.9 Å². The van der Waals surface area contributed by atoms with Gasteiger partial charge in [-0.15, -0.1) is 0 Å². The van der Waals surface area contributed by atoms with E-state index < -0.39 is 12.0 Å². The number of ether oxygens (including phenoxy) is 1. The summed E-state index contributed by atoms with van der Waals surface area (Å²) in [5.74, 6) is -0.632. The third-order valence-corrected chi connectivity index (χ3v) is 3.81. The Morgan fingerprint density at radius 1 is 1.30 bits per heavy atom. The summed E-state index contributed by atoms with van der Waals surface area (Å²) < 4.78 is 6.33. The van der Waals surface area contributed by atoms with Gasteiger partial charge in [0, 0.05) is 11.0 Å². The topological polar surface area (TPSA) is 66.8 Å². The van der Waals surface area contributed by atoms with E-state index in [1.54, 1.807) is 12.1 Å². The number of nitrogens with zero attached hydrogens (tertiary/aromatic N) is 1. The van der Waals surface area contributed by atoms with Gasteiger partial charge in [0.2, 0.25) is 0 Å². The van der Waals surface area contributed by atoms with Crippen LogP contribution in [0.3, 0.4) is 0 Å². The third-order valence-electron chi connectivity index (χ3n) is 3.28. The molecule has 0 aromatic heterocycles. The molecule has 0 spiro atoms. The first-order valence-electron chi connectivity index (χ1n) is 6.48. The Balaban J connectivity index is 1.93. The van der Waals surface area contributed by atoms with Crippen LogP contribution < -0.4 is 4.74 Å². The van der Waals surface area contributed by atoms with Crippen molar-refractivity contribution in [1.29, 1.82) is 0 Å². The van der Waals surface area contributed by atoms with Crippen molar-refractivity contribution in [2.24, 2.45) is 0 Å². The van der Waals surface area contributed by atoms with Crippen LogP contribution in [-0.4, -0.2) is 41.1 Å². The molecule has 1 atom stereocenters. The van der Waals surface area contributed by atoms with E-state index in [1.807, 2.05) is 12.1 Å². The standard InChI is InChI=1S/C14H16BrNO4/c15-10-4-6-11(7-5-10)20-9-13(17)16-8-2-1-3-12(16)14(18)19/h4-7,12H,1-3,8-9H2,(H,18,19)/t12-/m1/s1. The van der Waals surface area contributed by atoms with Crippen LogP contribution in [0, 0.1) is 0 Å². The zero-order valence-corrected chi connectivity index (χ0v) is 12.5. The number of halogens is 1. The van der Waals surface area contributed by atoms with E-state index in [0.717, 1.165) is 17.3 Å². The maximum atomic E-state index is 12.1. The van der Waals surface area contributed by atoms with Crippen molar-refractivity contribution < 1.29 is 19.4 Å². The van der Waals surface area contributed by atoms with Crippen molar-refractivity contribution in [3.05, 3.63) is 28.7 Å². The fourth-order valence-electron chi connectivity index (χ4n) is 2.25. The van der Waals surface area contributed by atoms with E-state index in [-0.39, 0.29) is 12.5 Å². The van der Waals surface area contributed by atoms with E-state index in [2.05, 4.69) is 15.9 Å². The molecule has 1 saturated heterocycles. The largest absolute Gasteiger partial charge is 0.484 e. The normalized spacial score (nSPS) is 18.6. The molecular weight excluding hydrogens is 326 g/mol. The minimum absolute atomic E-state index is 0.134. The van der Waals surface area contributed by atoms with Crippen LogP contribution in [0.25, 0.3) is 0 Å². The summed E-state index contributed by atoms with van der Waals surface area (Å²) in [6.45, 7) is 0.352. The van der Waals surface area contributed by atoms with Crippen molar-refractivity contribution in [3.63, 3.8) is 0 Å². The zero-order valence-electron chi connectivity index (χ0n) is 10.9. The Bertz CT molecular complexity index is 488. The smallest absolute Gasteiger partial charge is 0.326 e. The molecule has 1 amide bonds. The molecule has 108 valence electrons. The molecule has 0 bridgehead atoms. The summed E-state index contributed by atoms with van der Waals surface area (Å²) in [4.78, 5) is 24.6. The molecule has 1 N–H and O–H groups in total. The highest BCUT2D eigenvalue weighted by Crippen LogP contribution is 2.19. The zero-order chi connectivity index (χ0) is 14.5. The van der Waals surface area contributed by atoms with Gasteiger partial charge in [0.25, 0.3) is 5.91 Å². The molecule has 1 aliphatic heterocycles. The number of likely N-dealkylation sites (tertiary alicyclic amines) is 1. The summed E-state index contributed by atoms with van der Waals surface area (Å²) >= 11 is 3.32. The number of aliphatic carboxylic acids is 1. The molecule has 1 fully saturated rings. The highest BCUT2D eigenvalue weighted by atomic mass is 79.9. The summed E-state index contributed by atoms with van der Waals surface area (Å²) in [6.07, 6.45) is 2.20. The molecule has 1 heterocycles. The van der Waals surface area contributed by atoms with E-state index in [4.69, 9.17) is 9.84 Å². The molecule has 2 rings (SSSR count). The van der Waals surface area contributed by atoms with Gasteiger partial charge in [0.05, 0.1) is 0 Å². The highest BCUT2D eigenvalue weighted by molar-refractivity contribution is 9.10. The fourth-order valence-corrected chi connectivity index (χ4v) is 2.51. The van der Waals surface area contributed by atoms with Crippen LogP contribution in [0.4, 0.5) is 0 Å². The minimum Gasteiger partial charge on any atom is -0.484 e. The molecule has 1 aromatic carbocycles. The molecular formula is C14H16BrNO4. The Morgan fingerprint density at radius 3 is 2.65 bits per heavy atom. The van der Waals surface area contributed by atoms with E-state index in [1.165, 1.54) is 4.90 Å². The summed E-state index contributed by atoms with van der Waals surface area (Å²) in [6, 6.07) is 6.43. The van der Waals surface area contributed by atoms with E-state index >= 15 is 0 Å². The number of piperidine rings is 1. The van der Waals surface area contributed by atoms with Gasteiger partial charge in [-0.3, -0.25) is 4.79 Å². The second kappa shape index (κ2) is 6.74. The average Bonchev–Trinajstić information content (AvgIpc) is 2.46. The lowest BCUT2D eigenvalue weighted by Crippen LogP contribution is -2.49. The molecule has 0 saturated carbocycles. The van der Waals surface area contributed by atoms with Crippen LogP contribution in [0.5, 0.6) is 5.75 Å². The first-order chi connectivity index (χ1) is 9.58. The van der Waals surface area contributed by atoms with Crippen molar-refractivity contribution in [3.8, 4) is 5.75 Å². The first-order valence-corrected chi connectivity index (χ1v) is 7.28. The van der Waals surface area contributed by atoms with Gasteiger partial charge in [-0.25, -0.2) is 4.79 Å². The SMILES string of the molecule is O=C(O)[C@H]1CCCCN1C(=O)COc1ccc(Br)cc1. The van der Waals surface area contributed by atoms with Crippen molar-refractivity contribution in [2.75, 3.05) is 13.2 Å². The number of carboxylic acid groups (broad SMARTS) is 1. The molecule has 0 radical (unpaired) electrons. The van der Waals surface area contributed by atoms with Gasteiger partial charge >= 0.3 is 5.97 Å². The maximum absolute atomic E-state index is 12.1. The molecule has 6 heteroatoms. The summed E-state index contributed by atoms with van der Waals surface area (Å²) in [7, 11) is 0. The minimum atomic E-state index is -0.943. The number of hydrogen-bond donors (Lipinski definition) is 1. The first kappa shape index (κ1) is 14.8. The lowest BCUT2D eigenvalue weighted by Gasteiger charge is -2.32. The van der Waals surface area contributed by atoms with Crippen molar-refractivity contribution in [2.45, 2.75) is 25.3 Å². The van der Waals surface area contributed by atoms with Crippen LogP contribution in [-0.2, 0) is 9.59 Å². The second-order valence-corrected chi connectivity index (χ2v) is 5.60. The molecule has 1 aliphatic rings. The molecule has 20 heavy (non-hydrogen) atoms. The van der Waals surface area contributed by atoms with Crippen LogP contribution >= 0.6 is 15.9 Å². The van der Waals surface area contributed by atoms with Crippen LogP contribution in [0.15, 0.2) is 28.7 Å². The number of carbonyl (C=O) groups is 2. The van der Waals surface area contributed by atoms with Gasteiger partial charge < -0.3 is 14.7 Å². The molecule has 1 aromatic rings. The van der Waals surface area contributed by atoms with Crippen LogP contribution in [0.2, 0.25) is 0 Å². The Hall–Kier alpha value is -1.56. The molecule has 0 aliphatic carbocycles. The van der Waals surface area contributed by atoms with E-state index in [9.17, 15) is 9.59 Å². The Labute approximate surface area is 125 Å². The van der Waals surface area contributed by atoms with Gasteiger partial charge in [-0.2, -0.15) is 0 Å². The second-order valence-electron chi connectivity index (χ2n) is 4.68. The predicted molar refractivity (Wildman–Crippen MR) is 76.6 cm³/mol. The quantitative estimate of drug-likeness (QED) is 0.912.